The molecule has 0 aliphatic carbocycles. The molecule has 0 aliphatic rings. The largest absolute Gasteiger partial charge is 0.381 e. The molecule has 0 bridgehead atoms. The molecule has 2 rings (SSSR count). The summed E-state index contributed by atoms with van der Waals surface area (Å²) in [6.07, 6.45) is 0. The number of anilines is 1. The quantitative estimate of drug-likeness (QED) is 0.782. The van der Waals surface area contributed by atoms with E-state index in [4.69, 9.17) is 11.6 Å². The van der Waals surface area contributed by atoms with Crippen molar-refractivity contribution >= 4 is 39.9 Å². The van der Waals surface area contributed by atoms with Gasteiger partial charge in [0.15, 0.2) is 0 Å². The lowest BCUT2D eigenvalue weighted by atomic mass is 10.2. The number of rotatable bonds is 3. The van der Waals surface area contributed by atoms with Gasteiger partial charge in [0.25, 0.3) is 0 Å². The van der Waals surface area contributed by atoms with Gasteiger partial charge in [0, 0.05) is 15.8 Å². The molecule has 0 atom stereocenters. The van der Waals surface area contributed by atoms with E-state index in [-0.39, 0.29) is 5.02 Å². The Balaban J connectivity index is 2.02. The monoisotopic (exact) mass is 361 g/mol. The lowest BCUT2D eigenvalue weighted by Crippen LogP contribution is -1.99. The van der Waals surface area contributed by atoms with Crippen LogP contribution in [0.5, 0.6) is 0 Å². The first-order valence-electron chi connectivity index (χ1n) is 5.08. The van der Waals surface area contributed by atoms with Crippen LogP contribution in [0.2, 0.25) is 5.02 Å². The number of hydrogen-bond donors (Lipinski definition) is 1. The fourth-order valence-electron chi connectivity index (χ4n) is 1.41. The van der Waals surface area contributed by atoms with E-state index in [1.54, 1.807) is 12.1 Å². The highest BCUT2D eigenvalue weighted by molar-refractivity contribution is 14.1. The van der Waals surface area contributed by atoms with Crippen molar-refractivity contribution < 1.29 is 4.39 Å². The van der Waals surface area contributed by atoms with Gasteiger partial charge in [0.2, 0.25) is 0 Å². The molecule has 88 valence electrons. The molecule has 0 heterocycles. The summed E-state index contributed by atoms with van der Waals surface area (Å²) < 4.78 is 14.2. The third-order valence-electron chi connectivity index (χ3n) is 2.33. The van der Waals surface area contributed by atoms with Gasteiger partial charge in [-0.1, -0.05) is 23.7 Å². The number of hydrogen-bond acceptors (Lipinski definition) is 1. The molecule has 0 aliphatic heterocycles. The summed E-state index contributed by atoms with van der Waals surface area (Å²) in [6.45, 7) is 0.693. The minimum atomic E-state index is -0.397. The molecule has 17 heavy (non-hydrogen) atoms. The zero-order valence-corrected chi connectivity index (χ0v) is 11.8. The van der Waals surface area contributed by atoms with Gasteiger partial charge < -0.3 is 5.32 Å². The van der Waals surface area contributed by atoms with Crippen LogP contribution < -0.4 is 5.32 Å². The fourth-order valence-corrected chi connectivity index (χ4v) is 1.95. The molecular formula is C13H10ClFIN. The van der Waals surface area contributed by atoms with E-state index in [0.29, 0.717) is 6.54 Å². The smallest absolute Gasteiger partial charge is 0.141 e. The molecule has 0 spiro atoms. The molecule has 0 unspecified atom stereocenters. The molecule has 0 saturated carbocycles. The van der Waals surface area contributed by atoms with Crippen LogP contribution in [0.15, 0.2) is 42.5 Å². The molecule has 2 aromatic rings. The van der Waals surface area contributed by atoms with Crippen molar-refractivity contribution in [3.8, 4) is 0 Å². The first-order chi connectivity index (χ1) is 8.15. The summed E-state index contributed by atoms with van der Waals surface area (Å²) in [4.78, 5) is 0. The molecule has 0 saturated heterocycles. The second-order valence-corrected chi connectivity index (χ2v) is 5.26. The maximum Gasteiger partial charge on any atom is 0.141 e. The van der Waals surface area contributed by atoms with Crippen LogP contribution in [0.25, 0.3) is 0 Å². The number of nitrogens with one attached hydrogen (secondary N) is 1. The van der Waals surface area contributed by atoms with E-state index in [9.17, 15) is 4.39 Å². The van der Waals surface area contributed by atoms with E-state index >= 15 is 0 Å². The average molecular weight is 362 g/mol. The van der Waals surface area contributed by atoms with Crippen LogP contribution in [0, 0.1) is 9.39 Å². The highest BCUT2D eigenvalue weighted by atomic mass is 127. The predicted octanol–water partition coefficient (Wildman–Crippen LogP) is 4.70. The van der Waals surface area contributed by atoms with Gasteiger partial charge in [-0.2, -0.15) is 0 Å². The zero-order chi connectivity index (χ0) is 12.3. The molecule has 1 nitrogen and oxygen atoms in total. The van der Waals surface area contributed by atoms with Crippen molar-refractivity contribution in [2.45, 2.75) is 6.54 Å². The summed E-state index contributed by atoms with van der Waals surface area (Å²) in [6, 6.07) is 12.8. The highest BCUT2D eigenvalue weighted by Crippen LogP contribution is 2.20. The van der Waals surface area contributed by atoms with Gasteiger partial charge in [0.1, 0.15) is 5.82 Å². The number of halogens is 3. The summed E-state index contributed by atoms with van der Waals surface area (Å²) in [5, 5.41) is 3.33. The average Bonchev–Trinajstić information content (AvgIpc) is 2.33. The normalized spacial score (nSPS) is 10.3. The Hall–Kier alpha value is -0.810. The standard InChI is InChI=1S/C13H10ClFIN/c14-12-7-11(5-6-13(12)15)17-8-9-1-3-10(16)4-2-9/h1-7,17H,8H2. The van der Waals surface area contributed by atoms with Crippen molar-refractivity contribution in [1.29, 1.82) is 0 Å². The minimum absolute atomic E-state index is 0.137. The first kappa shape index (κ1) is 12.6. The number of benzene rings is 2. The minimum Gasteiger partial charge on any atom is -0.381 e. The van der Waals surface area contributed by atoms with Crippen LogP contribution in [0.3, 0.4) is 0 Å². The van der Waals surface area contributed by atoms with E-state index in [1.165, 1.54) is 15.2 Å². The van der Waals surface area contributed by atoms with Gasteiger partial charge in [0.05, 0.1) is 5.02 Å². The van der Waals surface area contributed by atoms with Crippen molar-refractivity contribution in [1.82, 2.24) is 0 Å². The molecule has 2 aromatic carbocycles. The Morgan fingerprint density at radius 1 is 1.12 bits per heavy atom. The van der Waals surface area contributed by atoms with E-state index in [2.05, 4.69) is 52.2 Å². The second kappa shape index (κ2) is 5.69. The van der Waals surface area contributed by atoms with Gasteiger partial charge in [-0.15, -0.1) is 0 Å². The van der Waals surface area contributed by atoms with Gasteiger partial charge in [-0.05, 0) is 58.5 Å². The summed E-state index contributed by atoms with van der Waals surface area (Å²) in [7, 11) is 0. The van der Waals surface area contributed by atoms with Crippen molar-refractivity contribution in [2.24, 2.45) is 0 Å². The SMILES string of the molecule is Fc1ccc(NCc2ccc(I)cc2)cc1Cl. The Morgan fingerprint density at radius 2 is 1.82 bits per heavy atom. The zero-order valence-electron chi connectivity index (χ0n) is 8.88. The van der Waals surface area contributed by atoms with Gasteiger partial charge >= 0.3 is 0 Å². The Kier molecular flexibility index (Phi) is 4.23. The van der Waals surface area contributed by atoms with Crippen LogP contribution in [0.4, 0.5) is 10.1 Å². The second-order valence-electron chi connectivity index (χ2n) is 3.61. The summed E-state index contributed by atoms with van der Waals surface area (Å²) in [5.74, 6) is -0.397. The molecule has 0 amide bonds. The summed E-state index contributed by atoms with van der Waals surface area (Å²) >= 11 is 7.97. The fraction of sp³-hybridized carbons (Fsp3) is 0.0769. The Morgan fingerprint density at radius 3 is 2.47 bits per heavy atom. The molecule has 0 aromatic heterocycles. The molecule has 4 heteroatoms. The van der Waals surface area contributed by atoms with Crippen LogP contribution in [-0.2, 0) is 6.54 Å². The van der Waals surface area contributed by atoms with E-state index in [0.717, 1.165) is 5.69 Å². The highest BCUT2D eigenvalue weighted by Gasteiger charge is 2.00. The maximum atomic E-state index is 12.9. The van der Waals surface area contributed by atoms with Crippen LogP contribution in [-0.4, -0.2) is 0 Å². The summed E-state index contributed by atoms with van der Waals surface area (Å²) in [5.41, 5.74) is 1.99. The van der Waals surface area contributed by atoms with Crippen LogP contribution >= 0.6 is 34.2 Å². The van der Waals surface area contributed by atoms with Crippen LogP contribution in [0.1, 0.15) is 5.56 Å². The van der Waals surface area contributed by atoms with E-state index < -0.39 is 5.82 Å². The topological polar surface area (TPSA) is 12.0 Å². The van der Waals surface area contributed by atoms with Gasteiger partial charge in [-0.3, -0.25) is 0 Å². The Labute approximate surface area is 118 Å². The first-order valence-corrected chi connectivity index (χ1v) is 6.54. The van der Waals surface area contributed by atoms with Gasteiger partial charge in [-0.25, -0.2) is 4.39 Å². The third-order valence-corrected chi connectivity index (χ3v) is 3.34. The molecule has 0 fully saturated rings. The predicted molar refractivity (Wildman–Crippen MR) is 77.9 cm³/mol. The van der Waals surface area contributed by atoms with Crippen molar-refractivity contribution in [3.63, 3.8) is 0 Å². The van der Waals surface area contributed by atoms with E-state index in [1.807, 2.05) is 0 Å². The molecule has 0 radical (unpaired) electrons. The molecular weight excluding hydrogens is 352 g/mol. The van der Waals surface area contributed by atoms with Crippen molar-refractivity contribution in [3.05, 3.63) is 62.4 Å². The molecule has 1 N–H and O–H groups in total. The maximum absolute atomic E-state index is 12.9. The Bertz CT molecular complexity index is 513. The lowest BCUT2D eigenvalue weighted by molar-refractivity contribution is 0.628. The van der Waals surface area contributed by atoms with Crippen molar-refractivity contribution in [2.75, 3.05) is 5.32 Å². The third kappa shape index (κ3) is 3.57. The lowest BCUT2D eigenvalue weighted by Gasteiger charge is -2.07.